The fourth-order valence-electron chi connectivity index (χ4n) is 3.06. The Morgan fingerprint density at radius 3 is 2.42 bits per heavy atom. The average Bonchev–Trinajstić information content (AvgIpc) is 2.62. The number of nitro benzene ring substituents is 1. The van der Waals surface area contributed by atoms with Gasteiger partial charge in [0, 0.05) is 44.5 Å². The minimum absolute atomic E-state index is 0.00129. The summed E-state index contributed by atoms with van der Waals surface area (Å²) in [6.45, 7) is 4.93. The Hall–Kier alpha value is -2.60. The molecule has 2 aromatic rings. The number of para-hydroxylation sites is 1. The quantitative estimate of drug-likeness (QED) is 0.519. The van der Waals surface area contributed by atoms with Gasteiger partial charge in [-0.15, -0.1) is 0 Å². The molecule has 1 aliphatic heterocycles. The highest BCUT2D eigenvalue weighted by Gasteiger charge is 2.17. The number of rotatable bonds is 5. The van der Waals surface area contributed by atoms with Crippen LogP contribution < -0.4 is 10.6 Å². The van der Waals surface area contributed by atoms with Crippen LogP contribution in [0.4, 0.5) is 17.1 Å². The Balaban J connectivity index is 1.52. The van der Waals surface area contributed by atoms with E-state index in [1.54, 1.807) is 12.1 Å². The van der Waals surface area contributed by atoms with Crippen LogP contribution in [0.5, 0.6) is 0 Å². The molecule has 6 nitrogen and oxygen atoms in total. The monoisotopic (exact) mass is 326 g/mol. The summed E-state index contributed by atoms with van der Waals surface area (Å²) < 4.78 is 0. The summed E-state index contributed by atoms with van der Waals surface area (Å²) in [4.78, 5) is 15.3. The van der Waals surface area contributed by atoms with Crippen LogP contribution in [0.3, 0.4) is 0 Å². The van der Waals surface area contributed by atoms with Crippen molar-refractivity contribution in [2.45, 2.75) is 6.42 Å². The molecule has 2 aromatic carbocycles. The molecule has 0 spiro atoms. The number of hydrogen-bond acceptors (Lipinski definition) is 5. The highest BCUT2D eigenvalue weighted by Crippen LogP contribution is 2.23. The van der Waals surface area contributed by atoms with E-state index in [-0.39, 0.29) is 11.4 Å². The topological polar surface area (TPSA) is 75.6 Å². The molecule has 0 aliphatic carbocycles. The first-order chi connectivity index (χ1) is 11.6. The van der Waals surface area contributed by atoms with E-state index in [2.05, 4.69) is 34.1 Å². The van der Waals surface area contributed by atoms with Crippen LogP contribution >= 0.6 is 0 Å². The van der Waals surface area contributed by atoms with Crippen molar-refractivity contribution in [3.8, 4) is 0 Å². The number of piperazine rings is 1. The number of benzene rings is 2. The Kier molecular flexibility index (Phi) is 4.96. The summed E-state index contributed by atoms with van der Waals surface area (Å²) in [5.41, 5.74) is 8.10. The zero-order chi connectivity index (χ0) is 16.9. The fraction of sp³-hybridized carbons (Fsp3) is 0.333. The average molecular weight is 326 g/mol. The van der Waals surface area contributed by atoms with Gasteiger partial charge < -0.3 is 10.6 Å². The largest absolute Gasteiger partial charge is 0.393 e. The molecule has 1 aliphatic rings. The van der Waals surface area contributed by atoms with E-state index in [1.165, 1.54) is 5.69 Å². The van der Waals surface area contributed by atoms with Gasteiger partial charge in [0.25, 0.3) is 5.69 Å². The van der Waals surface area contributed by atoms with E-state index >= 15 is 0 Å². The van der Waals surface area contributed by atoms with E-state index < -0.39 is 4.92 Å². The second-order valence-electron chi connectivity index (χ2n) is 6.06. The molecular formula is C18H22N4O2. The van der Waals surface area contributed by atoms with E-state index in [9.17, 15) is 10.1 Å². The molecule has 0 saturated carbocycles. The molecule has 0 unspecified atom stereocenters. The van der Waals surface area contributed by atoms with Crippen LogP contribution in [0.15, 0.2) is 48.5 Å². The Morgan fingerprint density at radius 2 is 1.75 bits per heavy atom. The lowest BCUT2D eigenvalue weighted by Gasteiger charge is -2.36. The summed E-state index contributed by atoms with van der Waals surface area (Å²) in [7, 11) is 0. The zero-order valence-corrected chi connectivity index (χ0v) is 13.6. The summed E-state index contributed by atoms with van der Waals surface area (Å²) in [5, 5.41) is 11.0. The molecule has 0 amide bonds. The Bertz CT molecular complexity index is 697. The molecule has 24 heavy (non-hydrogen) atoms. The van der Waals surface area contributed by atoms with Crippen molar-refractivity contribution in [2.75, 3.05) is 43.4 Å². The van der Waals surface area contributed by atoms with Gasteiger partial charge in [-0.3, -0.25) is 15.0 Å². The van der Waals surface area contributed by atoms with E-state index in [1.807, 2.05) is 12.1 Å². The van der Waals surface area contributed by atoms with Gasteiger partial charge >= 0.3 is 0 Å². The maximum atomic E-state index is 11.0. The van der Waals surface area contributed by atoms with E-state index in [0.29, 0.717) is 0 Å². The van der Waals surface area contributed by atoms with Gasteiger partial charge in [0.2, 0.25) is 0 Å². The van der Waals surface area contributed by atoms with Crippen molar-refractivity contribution in [2.24, 2.45) is 0 Å². The highest BCUT2D eigenvalue weighted by atomic mass is 16.6. The molecule has 0 bridgehead atoms. The highest BCUT2D eigenvalue weighted by molar-refractivity contribution is 5.59. The SMILES string of the molecule is Nc1ccc(CCN2CCN(c3ccccc3)CC2)cc1[N+](=O)[O-]. The zero-order valence-electron chi connectivity index (χ0n) is 13.6. The fourth-order valence-corrected chi connectivity index (χ4v) is 3.06. The molecule has 0 aromatic heterocycles. The molecule has 2 N–H and O–H groups in total. The number of nitrogens with two attached hydrogens (primary N) is 1. The van der Waals surface area contributed by atoms with Crippen LogP contribution in [0.1, 0.15) is 5.56 Å². The third-order valence-electron chi connectivity index (χ3n) is 4.50. The molecule has 1 heterocycles. The summed E-state index contributed by atoms with van der Waals surface area (Å²) in [6, 6.07) is 15.5. The second kappa shape index (κ2) is 7.31. The normalized spacial score (nSPS) is 15.4. The second-order valence-corrected chi connectivity index (χ2v) is 6.06. The summed E-state index contributed by atoms with van der Waals surface area (Å²) in [5.74, 6) is 0. The molecule has 6 heteroatoms. The Labute approximate surface area is 141 Å². The van der Waals surface area contributed by atoms with Crippen molar-refractivity contribution in [1.29, 1.82) is 0 Å². The Morgan fingerprint density at radius 1 is 1.04 bits per heavy atom. The number of nitro groups is 1. The lowest BCUT2D eigenvalue weighted by atomic mass is 10.1. The van der Waals surface area contributed by atoms with Crippen molar-refractivity contribution in [3.05, 3.63) is 64.2 Å². The standard InChI is InChI=1S/C18H22N4O2/c19-17-7-6-15(14-18(17)22(23)24)8-9-20-10-12-21(13-11-20)16-4-2-1-3-5-16/h1-7,14H,8-13,19H2. The first-order valence-electron chi connectivity index (χ1n) is 8.18. The first kappa shape index (κ1) is 16.3. The molecular weight excluding hydrogens is 304 g/mol. The lowest BCUT2D eigenvalue weighted by molar-refractivity contribution is -0.384. The van der Waals surface area contributed by atoms with Crippen LogP contribution in [-0.2, 0) is 6.42 Å². The third kappa shape index (κ3) is 3.83. The van der Waals surface area contributed by atoms with Gasteiger partial charge in [0.05, 0.1) is 4.92 Å². The maximum absolute atomic E-state index is 11.0. The number of anilines is 2. The molecule has 0 radical (unpaired) electrons. The first-order valence-corrected chi connectivity index (χ1v) is 8.18. The lowest BCUT2D eigenvalue weighted by Crippen LogP contribution is -2.46. The van der Waals surface area contributed by atoms with Crippen LogP contribution in [0, 0.1) is 10.1 Å². The van der Waals surface area contributed by atoms with Gasteiger partial charge in [0.15, 0.2) is 0 Å². The smallest absolute Gasteiger partial charge is 0.292 e. The number of nitrogen functional groups attached to an aromatic ring is 1. The third-order valence-corrected chi connectivity index (χ3v) is 4.50. The minimum Gasteiger partial charge on any atom is -0.393 e. The van der Waals surface area contributed by atoms with Crippen molar-refractivity contribution < 1.29 is 4.92 Å². The van der Waals surface area contributed by atoms with Crippen LogP contribution in [0.25, 0.3) is 0 Å². The van der Waals surface area contributed by atoms with Gasteiger partial charge in [-0.25, -0.2) is 0 Å². The summed E-state index contributed by atoms with van der Waals surface area (Å²) >= 11 is 0. The molecule has 1 fully saturated rings. The van der Waals surface area contributed by atoms with Crippen LogP contribution in [-0.4, -0.2) is 42.5 Å². The maximum Gasteiger partial charge on any atom is 0.292 e. The minimum atomic E-state index is -0.419. The van der Waals surface area contributed by atoms with Gasteiger partial charge in [-0.05, 0) is 30.2 Å². The van der Waals surface area contributed by atoms with Crippen molar-refractivity contribution in [1.82, 2.24) is 4.90 Å². The molecule has 0 atom stereocenters. The van der Waals surface area contributed by atoms with E-state index in [4.69, 9.17) is 5.73 Å². The van der Waals surface area contributed by atoms with Gasteiger partial charge in [0.1, 0.15) is 5.69 Å². The predicted octanol–water partition coefficient (Wildman–Crippen LogP) is 2.54. The van der Waals surface area contributed by atoms with Crippen molar-refractivity contribution in [3.63, 3.8) is 0 Å². The summed E-state index contributed by atoms with van der Waals surface area (Å²) in [6.07, 6.45) is 0.798. The molecule has 126 valence electrons. The molecule has 1 saturated heterocycles. The van der Waals surface area contributed by atoms with Crippen molar-refractivity contribution >= 4 is 17.1 Å². The molecule has 3 rings (SSSR count). The van der Waals surface area contributed by atoms with Gasteiger partial charge in [-0.1, -0.05) is 24.3 Å². The van der Waals surface area contributed by atoms with E-state index in [0.717, 1.165) is 44.7 Å². The predicted molar refractivity (Wildman–Crippen MR) is 96.3 cm³/mol. The number of hydrogen-bond donors (Lipinski definition) is 1. The van der Waals surface area contributed by atoms with Gasteiger partial charge in [-0.2, -0.15) is 0 Å². The van der Waals surface area contributed by atoms with Crippen LogP contribution in [0.2, 0.25) is 0 Å². The number of nitrogens with zero attached hydrogens (tertiary/aromatic N) is 3.